The lowest BCUT2D eigenvalue weighted by atomic mass is 10.0. The highest BCUT2D eigenvalue weighted by molar-refractivity contribution is 8.76. The number of benzene rings is 2. The van der Waals surface area contributed by atoms with Crippen molar-refractivity contribution in [1.82, 2.24) is 42.1 Å². The molecule has 30 nitrogen and oxygen atoms in total. The summed E-state index contributed by atoms with van der Waals surface area (Å²) in [6.07, 6.45) is -1.73. The Morgan fingerprint density at radius 3 is 1.90 bits per heavy atom. The van der Waals surface area contributed by atoms with Gasteiger partial charge in [0.15, 0.2) is 5.96 Å². The van der Waals surface area contributed by atoms with Gasteiger partial charge in [-0.3, -0.25) is 57.7 Å². The Hall–Kier alpha value is -8.35. The second-order valence-electron chi connectivity index (χ2n) is 18.0. The molecule has 4 rings (SSSR count). The molecule has 0 radical (unpaired) electrons. The van der Waals surface area contributed by atoms with Crippen molar-refractivity contribution in [2.45, 2.75) is 106 Å². The highest BCUT2D eigenvalue weighted by atomic mass is 33.1. The topological polar surface area (TPSA) is 513 Å². The number of nitrogens with zero attached hydrogens (tertiary/aromatic N) is 5. The summed E-state index contributed by atoms with van der Waals surface area (Å²) in [5.74, 6) is -11.0. The van der Waals surface area contributed by atoms with E-state index in [-0.39, 0.29) is 80.5 Å². The van der Waals surface area contributed by atoms with Gasteiger partial charge in [0.25, 0.3) is 0 Å². The molecule has 2 aromatic carbocycles. The van der Waals surface area contributed by atoms with Crippen molar-refractivity contribution in [3.05, 3.63) is 70.1 Å². The molecule has 32 heteroatoms. The van der Waals surface area contributed by atoms with Gasteiger partial charge in [0.1, 0.15) is 48.0 Å². The van der Waals surface area contributed by atoms with Gasteiger partial charge in [-0.15, -0.1) is 0 Å². The standard InChI is InChI=1S/C46H64N18O12S2/c47-27-21-77-78-22-33(45(76)64-16-2-4-34(64)44(75)57-28(3-1-15-54-46(51)52)39(70)55-20-37(50)68)61-43(74)32(19-36(49)67)60-40(71)29(13-14-35(48)66)56-41(72)31(17-23-5-9-25(10-6-23)62-63-53)59-42(73)30(58-38(27)69)18-24-7-11-26(65)12-8-24/h5-12,27-34,65H,1-4,13-22,47H2,(H2,48,66)(H2,49,67)(H2,50,68)(H,55,70)(H,56,72)(H,57,75)(H,58,69)(H,59,73)(H,60,71)(H,61,74)(H4,51,52,54)/t27-,28-,29-,30-,31-,32-,33-,34-/m0/s1. The van der Waals surface area contributed by atoms with Gasteiger partial charge < -0.3 is 81.6 Å². The number of guanidine groups is 1. The largest absolute Gasteiger partial charge is 0.508 e. The fourth-order valence-corrected chi connectivity index (χ4v) is 10.2. The number of azide groups is 1. The minimum atomic E-state index is -1.83. The molecule has 0 aromatic heterocycles. The number of carbonyl (C=O) groups excluding carboxylic acids is 11. The van der Waals surface area contributed by atoms with E-state index in [1.165, 1.54) is 53.4 Å². The number of primary amides is 3. The predicted octanol–water partition coefficient (Wildman–Crippen LogP) is -4.46. The molecular formula is C46H64N18O12S2. The number of hydrogen-bond acceptors (Lipinski definition) is 17. The molecule has 20 N–H and O–H groups in total. The summed E-state index contributed by atoms with van der Waals surface area (Å²) in [7, 11) is 1.95. The van der Waals surface area contributed by atoms with Gasteiger partial charge in [0, 0.05) is 54.5 Å². The Labute approximate surface area is 454 Å². The molecule has 2 fully saturated rings. The van der Waals surface area contributed by atoms with Crippen LogP contribution in [0.1, 0.15) is 56.1 Å². The van der Waals surface area contributed by atoms with Crippen LogP contribution in [0.3, 0.4) is 0 Å². The molecule has 422 valence electrons. The number of aromatic hydroxyl groups is 1. The van der Waals surface area contributed by atoms with E-state index in [0.29, 0.717) is 11.1 Å². The summed E-state index contributed by atoms with van der Waals surface area (Å²) in [5.41, 5.74) is 43.4. The number of nitrogens with one attached hydrogen (secondary N) is 7. The normalized spacial score (nSPS) is 22.0. The lowest BCUT2D eigenvalue weighted by Gasteiger charge is -2.31. The highest BCUT2D eigenvalue weighted by Gasteiger charge is 2.40. The molecular weight excluding hydrogens is 1060 g/mol. The van der Waals surface area contributed by atoms with Crippen LogP contribution in [0.5, 0.6) is 5.75 Å². The number of phenolic OH excluding ortho intramolecular Hbond substituents is 1. The van der Waals surface area contributed by atoms with Crippen LogP contribution in [-0.2, 0) is 65.6 Å². The Morgan fingerprint density at radius 2 is 1.31 bits per heavy atom. The Bertz CT molecular complexity index is 2600. The van der Waals surface area contributed by atoms with Gasteiger partial charge in [0.2, 0.25) is 65.0 Å². The number of nitrogens with two attached hydrogens (primary N) is 6. The molecule has 11 amide bonds. The molecule has 0 saturated carbocycles. The second kappa shape index (κ2) is 31.0. The lowest BCUT2D eigenvalue weighted by molar-refractivity contribution is -0.142. The van der Waals surface area contributed by atoms with Crippen LogP contribution < -0.4 is 71.6 Å². The Kier molecular flexibility index (Phi) is 24.7. The first-order chi connectivity index (χ1) is 37.0. The summed E-state index contributed by atoms with van der Waals surface area (Å²) in [4.78, 5) is 157. The zero-order chi connectivity index (χ0) is 57.5. The van der Waals surface area contributed by atoms with Crippen LogP contribution in [0, 0.1) is 0 Å². The average molecular weight is 1130 g/mol. The molecule has 2 aliphatic rings. The lowest BCUT2D eigenvalue weighted by Crippen LogP contribution is -2.61. The number of likely N-dealkylation sites (tertiary alicyclic amines) is 1. The third-order valence-corrected chi connectivity index (χ3v) is 14.3. The molecule has 0 spiro atoms. The van der Waals surface area contributed by atoms with Crippen molar-refractivity contribution in [3.8, 4) is 5.75 Å². The summed E-state index contributed by atoms with van der Waals surface area (Å²) < 4.78 is 0. The van der Waals surface area contributed by atoms with E-state index in [2.05, 4.69) is 52.2 Å². The van der Waals surface area contributed by atoms with E-state index in [0.717, 1.165) is 21.6 Å². The third kappa shape index (κ3) is 20.6. The number of rotatable bonds is 20. The van der Waals surface area contributed by atoms with E-state index >= 15 is 0 Å². The van der Waals surface area contributed by atoms with Crippen molar-refractivity contribution < 1.29 is 57.8 Å². The fourth-order valence-electron chi connectivity index (χ4n) is 7.94. The molecule has 0 aliphatic carbocycles. The molecule has 78 heavy (non-hydrogen) atoms. The summed E-state index contributed by atoms with van der Waals surface area (Å²) >= 11 is 0. The van der Waals surface area contributed by atoms with Gasteiger partial charge in [-0.1, -0.05) is 63.1 Å². The predicted molar refractivity (Wildman–Crippen MR) is 284 cm³/mol. The first kappa shape index (κ1) is 62.2. The van der Waals surface area contributed by atoms with Gasteiger partial charge in [0.05, 0.1) is 19.0 Å². The second-order valence-corrected chi connectivity index (χ2v) is 20.5. The summed E-state index contributed by atoms with van der Waals surface area (Å²) in [5, 5.41) is 31.0. The molecule has 2 heterocycles. The minimum absolute atomic E-state index is 0.0109. The maximum atomic E-state index is 14.6. The van der Waals surface area contributed by atoms with Crippen molar-refractivity contribution >= 4 is 98.2 Å². The Morgan fingerprint density at radius 1 is 0.744 bits per heavy atom. The van der Waals surface area contributed by atoms with Gasteiger partial charge >= 0.3 is 0 Å². The van der Waals surface area contributed by atoms with Gasteiger partial charge in [-0.2, -0.15) is 0 Å². The minimum Gasteiger partial charge on any atom is -0.508 e. The van der Waals surface area contributed by atoms with Crippen LogP contribution >= 0.6 is 21.6 Å². The van der Waals surface area contributed by atoms with Crippen LogP contribution in [-0.4, -0.2) is 160 Å². The monoisotopic (exact) mass is 1120 g/mol. The van der Waals surface area contributed by atoms with Gasteiger partial charge in [-0.05, 0) is 60.9 Å². The van der Waals surface area contributed by atoms with E-state index in [4.69, 9.17) is 39.9 Å². The smallest absolute Gasteiger partial charge is 0.246 e. The zero-order valence-electron chi connectivity index (χ0n) is 42.1. The molecule has 8 atom stereocenters. The van der Waals surface area contributed by atoms with E-state index in [1.807, 2.05) is 0 Å². The van der Waals surface area contributed by atoms with Crippen LogP contribution in [0.15, 0.2) is 58.6 Å². The van der Waals surface area contributed by atoms with Gasteiger partial charge in [-0.25, -0.2) is 0 Å². The van der Waals surface area contributed by atoms with Crippen LogP contribution in [0.25, 0.3) is 10.4 Å². The first-order valence-corrected chi connectivity index (χ1v) is 26.8. The zero-order valence-corrected chi connectivity index (χ0v) is 43.7. The summed E-state index contributed by atoms with van der Waals surface area (Å²) in [6.45, 7) is -0.480. The van der Waals surface area contributed by atoms with Crippen molar-refractivity contribution in [3.63, 3.8) is 0 Å². The summed E-state index contributed by atoms with van der Waals surface area (Å²) in [6, 6.07) is -0.232. The number of amides is 11. The average Bonchev–Trinajstić information content (AvgIpc) is 3.89. The molecule has 0 unspecified atom stereocenters. The van der Waals surface area contributed by atoms with E-state index in [1.54, 1.807) is 0 Å². The molecule has 2 saturated heterocycles. The number of carbonyl (C=O) groups is 11. The fraction of sp³-hybridized carbons (Fsp3) is 0.478. The number of phenols is 1. The van der Waals surface area contributed by atoms with Crippen LogP contribution in [0.4, 0.5) is 5.69 Å². The van der Waals surface area contributed by atoms with Crippen molar-refractivity contribution in [2.75, 3.05) is 31.1 Å². The third-order valence-electron chi connectivity index (χ3n) is 11.9. The Balaban J connectivity index is 1.73. The number of aliphatic imine (C=N–C) groups is 1. The number of hydrogen-bond donors (Lipinski definition) is 14. The van der Waals surface area contributed by atoms with Crippen LogP contribution in [0.2, 0.25) is 0 Å². The van der Waals surface area contributed by atoms with E-state index < -0.39 is 139 Å². The highest BCUT2D eigenvalue weighted by Crippen LogP contribution is 2.26. The SMILES string of the molecule is [N-]=[N+]=Nc1ccc(C[C@@H]2NC(=O)[C@H](Cc3ccc(O)cc3)NC(=O)[C@@H](N)CSSC[C@@H](C(=O)N3CCC[C@H]3C(=O)N[C@@H](CCCN=C(N)N)C(=O)NCC(N)=O)NC(=O)[C@H](CC(N)=O)NC(=O)[C@H](CCC(N)=O)NC2=O)cc1. The van der Waals surface area contributed by atoms with E-state index in [9.17, 15) is 57.8 Å². The van der Waals surface area contributed by atoms with Crippen molar-refractivity contribution in [1.29, 1.82) is 0 Å². The molecule has 0 bridgehead atoms. The maximum absolute atomic E-state index is 14.6. The molecule has 2 aliphatic heterocycles. The maximum Gasteiger partial charge on any atom is 0.246 e. The van der Waals surface area contributed by atoms with Crippen molar-refractivity contribution in [2.24, 2.45) is 44.5 Å². The first-order valence-electron chi connectivity index (χ1n) is 24.3. The molecule has 2 aromatic rings. The quantitative estimate of drug-likeness (QED) is 0.0113.